The van der Waals surface area contributed by atoms with Gasteiger partial charge in [0, 0.05) is 6.92 Å². The number of hydrogen-bond acceptors (Lipinski definition) is 4. The third-order valence-corrected chi connectivity index (χ3v) is 3.55. The number of para-hydroxylation sites is 2. The van der Waals surface area contributed by atoms with E-state index in [1.54, 1.807) is 42.5 Å². The number of nitrogens with zero attached hydrogens (tertiary/aromatic N) is 1. The molecule has 2 aromatic rings. The summed E-state index contributed by atoms with van der Waals surface area (Å²) in [6.45, 7) is 1.35. The van der Waals surface area contributed by atoms with E-state index in [9.17, 15) is 14.4 Å². The van der Waals surface area contributed by atoms with Crippen LogP contribution in [-0.2, 0) is 4.79 Å². The summed E-state index contributed by atoms with van der Waals surface area (Å²) in [5.41, 5.74) is 1.14. The molecule has 0 fully saturated rings. The highest BCUT2D eigenvalue weighted by Crippen LogP contribution is 2.36. The average Bonchev–Trinajstić information content (AvgIpc) is 2.79. The molecule has 0 saturated carbocycles. The zero-order valence-electron chi connectivity index (χ0n) is 12.6. The maximum atomic E-state index is 12.8. The normalized spacial score (nSPS) is 13.0. The first-order valence-corrected chi connectivity index (χ1v) is 6.97. The summed E-state index contributed by atoms with van der Waals surface area (Å²) in [4.78, 5) is 37.8. The Balaban J connectivity index is 2.13. The smallest absolute Gasteiger partial charge is 0.268 e. The van der Waals surface area contributed by atoms with Gasteiger partial charge in [-0.25, -0.2) is 4.90 Å². The first-order valence-electron chi connectivity index (χ1n) is 6.97. The first kappa shape index (κ1) is 14.8. The number of rotatable bonds is 3. The number of carbonyl (C=O) groups excluding carboxylic acids is 3. The average molecular weight is 310 g/mol. The van der Waals surface area contributed by atoms with Crippen molar-refractivity contribution in [2.75, 3.05) is 17.3 Å². The quantitative estimate of drug-likeness (QED) is 0.884. The van der Waals surface area contributed by atoms with Crippen molar-refractivity contribution in [3.05, 3.63) is 53.6 Å². The lowest BCUT2D eigenvalue weighted by atomic mass is 10.1. The predicted octanol–water partition coefficient (Wildman–Crippen LogP) is 2.45. The number of imide groups is 1. The minimum Gasteiger partial charge on any atom is -0.495 e. The van der Waals surface area contributed by atoms with Crippen molar-refractivity contribution >= 4 is 29.1 Å². The molecule has 23 heavy (non-hydrogen) atoms. The molecule has 3 amide bonds. The molecule has 6 nitrogen and oxygen atoms in total. The lowest BCUT2D eigenvalue weighted by Gasteiger charge is -2.17. The molecule has 2 aromatic carbocycles. The van der Waals surface area contributed by atoms with Crippen molar-refractivity contribution in [2.45, 2.75) is 6.92 Å². The monoisotopic (exact) mass is 310 g/mol. The van der Waals surface area contributed by atoms with Crippen LogP contribution in [0, 0.1) is 0 Å². The van der Waals surface area contributed by atoms with E-state index in [-0.39, 0.29) is 17.0 Å². The van der Waals surface area contributed by atoms with Crippen molar-refractivity contribution in [3.8, 4) is 5.75 Å². The van der Waals surface area contributed by atoms with Gasteiger partial charge in [-0.15, -0.1) is 0 Å². The van der Waals surface area contributed by atoms with Gasteiger partial charge in [0.05, 0.1) is 29.6 Å². The molecule has 1 heterocycles. The Morgan fingerprint density at radius 2 is 1.78 bits per heavy atom. The van der Waals surface area contributed by atoms with E-state index in [4.69, 9.17) is 4.74 Å². The molecule has 0 aliphatic carbocycles. The number of hydrogen-bond donors (Lipinski definition) is 1. The Hall–Kier alpha value is -3.15. The van der Waals surface area contributed by atoms with Crippen molar-refractivity contribution in [1.29, 1.82) is 0 Å². The standard InChI is InChI=1S/C17H14N2O4/c1-10(20)18-12-7-5-6-11-15(12)17(22)19(16(11)21)13-8-3-4-9-14(13)23-2/h3-9H,1-2H3,(H,18,20). The number of benzene rings is 2. The van der Waals surface area contributed by atoms with E-state index >= 15 is 0 Å². The van der Waals surface area contributed by atoms with Crippen LogP contribution in [0.1, 0.15) is 27.6 Å². The molecule has 0 saturated heterocycles. The van der Waals surface area contributed by atoms with Crippen LogP contribution in [0.5, 0.6) is 5.75 Å². The van der Waals surface area contributed by atoms with Crippen molar-refractivity contribution < 1.29 is 19.1 Å². The summed E-state index contributed by atoms with van der Waals surface area (Å²) in [7, 11) is 1.47. The van der Waals surface area contributed by atoms with Gasteiger partial charge in [-0.3, -0.25) is 14.4 Å². The second-order valence-corrected chi connectivity index (χ2v) is 5.03. The number of amides is 3. The lowest BCUT2D eigenvalue weighted by molar-refractivity contribution is -0.114. The molecule has 0 atom stereocenters. The Labute approximate surface area is 132 Å². The van der Waals surface area contributed by atoms with E-state index < -0.39 is 11.8 Å². The van der Waals surface area contributed by atoms with E-state index in [2.05, 4.69) is 5.32 Å². The number of fused-ring (bicyclic) bond motifs is 1. The summed E-state index contributed by atoms with van der Waals surface area (Å²) >= 11 is 0. The van der Waals surface area contributed by atoms with Crippen LogP contribution in [0.4, 0.5) is 11.4 Å². The van der Waals surface area contributed by atoms with E-state index in [0.717, 1.165) is 4.90 Å². The third-order valence-electron chi connectivity index (χ3n) is 3.55. The molecular formula is C17H14N2O4. The molecule has 0 spiro atoms. The van der Waals surface area contributed by atoms with Crippen LogP contribution < -0.4 is 15.0 Å². The van der Waals surface area contributed by atoms with Crippen LogP contribution in [0.15, 0.2) is 42.5 Å². The minimum atomic E-state index is -0.487. The molecule has 0 bridgehead atoms. The maximum absolute atomic E-state index is 12.8. The number of nitrogens with one attached hydrogen (secondary N) is 1. The summed E-state index contributed by atoms with van der Waals surface area (Å²) in [6.07, 6.45) is 0. The highest BCUT2D eigenvalue weighted by Gasteiger charge is 2.39. The van der Waals surface area contributed by atoms with Gasteiger partial charge in [0.15, 0.2) is 0 Å². The molecule has 116 valence electrons. The molecule has 1 aliphatic heterocycles. The van der Waals surface area contributed by atoms with Gasteiger partial charge in [-0.2, -0.15) is 0 Å². The minimum absolute atomic E-state index is 0.193. The van der Waals surface area contributed by atoms with Crippen LogP contribution in [0.25, 0.3) is 0 Å². The van der Waals surface area contributed by atoms with Gasteiger partial charge in [0.25, 0.3) is 11.8 Å². The Morgan fingerprint density at radius 1 is 1.04 bits per heavy atom. The summed E-state index contributed by atoms with van der Waals surface area (Å²) in [5.74, 6) is -0.821. The molecule has 0 unspecified atom stereocenters. The van der Waals surface area contributed by atoms with Crippen LogP contribution in [0.3, 0.4) is 0 Å². The predicted molar refractivity (Wildman–Crippen MR) is 84.9 cm³/mol. The second-order valence-electron chi connectivity index (χ2n) is 5.03. The van der Waals surface area contributed by atoms with E-state index in [0.29, 0.717) is 17.1 Å². The molecule has 6 heteroatoms. The number of methoxy groups -OCH3 is 1. The highest BCUT2D eigenvalue weighted by molar-refractivity contribution is 6.36. The summed E-state index contributed by atoms with van der Waals surface area (Å²) in [5, 5.41) is 2.59. The van der Waals surface area contributed by atoms with Crippen LogP contribution in [-0.4, -0.2) is 24.8 Å². The van der Waals surface area contributed by atoms with Gasteiger partial charge in [0.1, 0.15) is 5.75 Å². The largest absolute Gasteiger partial charge is 0.495 e. The van der Waals surface area contributed by atoms with Crippen molar-refractivity contribution in [3.63, 3.8) is 0 Å². The van der Waals surface area contributed by atoms with Gasteiger partial charge in [-0.1, -0.05) is 18.2 Å². The second kappa shape index (κ2) is 5.57. The molecule has 0 aromatic heterocycles. The zero-order valence-corrected chi connectivity index (χ0v) is 12.6. The SMILES string of the molecule is COc1ccccc1N1C(=O)c2cccc(NC(C)=O)c2C1=O. The molecule has 3 rings (SSSR count). The summed E-state index contributed by atoms with van der Waals surface area (Å²) < 4.78 is 5.23. The van der Waals surface area contributed by atoms with Gasteiger partial charge in [-0.05, 0) is 24.3 Å². The van der Waals surface area contributed by atoms with Crippen LogP contribution in [0.2, 0.25) is 0 Å². The molecular weight excluding hydrogens is 296 g/mol. The fourth-order valence-corrected chi connectivity index (χ4v) is 2.61. The number of anilines is 2. The van der Waals surface area contributed by atoms with Crippen molar-refractivity contribution in [1.82, 2.24) is 0 Å². The van der Waals surface area contributed by atoms with Crippen LogP contribution >= 0.6 is 0 Å². The molecule has 1 N–H and O–H groups in total. The Kier molecular flexibility index (Phi) is 3.57. The van der Waals surface area contributed by atoms with E-state index in [1.165, 1.54) is 14.0 Å². The third kappa shape index (κ3) is 2.34. The maximum Gasteiger partial charge on any atom is 0.268 e. The Bertz CT molecular complexity index is 829. The highest BCUT2D eigenvalue weighted by atomic mass is 16.5. The van der Waals surface area contributed by atoms with Crippen molar-refractivity contribution in [2.24, 2.45) is 0 Å². The topological polar surface area (TPSA) is 75.7 Å². The fourth-order valence-electron chi connectivity index (χ4n) is 2.61. The number of ether oxygens (including phenoxy) is 1. The molecule has 0 radical (unpaired) electrons. The summed E-state index contributed by atoms with van der Waals surface area (Å²) in [6, 6.07) is 11.6. The Morgan fingerprint density at radius 3 is 2.48 bits per heavy atom. The van der Waals surface area contributed by atoms with Gasteiger partial charge < -0.3 is 10.1 Å². The van der Waals surface area contributed by atoms with Gasteiger partial charge in [0.2, 0.25) is 5.91 Å². The van der Waals surface area contributed by atoms with E-state index in [1.807, 2.05) is 0 Å². The zero-order chi connectivity index (χ0) is 16.6. The van der Waals surface area contributed by atoms with Gasteiger partial charge >= 0.3 is 0 Å². The molecule has 1 aliphatic rings. The number of carbonyl (C=O) groups is 3. The first-order chi connectivity index (χ1) is 11.0. The lowest BCUT2D eigenvalue weighted by Crippen LogP contribution is -2.30. The fraction of sp³-hybridized carbons (Fsp3) is 0.118.